The number of fused-ring (bicyclic) bond motifs is 2. The van der Waals surface area contributed by atoms with Crippen LogP contribution in [0.4, 0.5) is 0 Å². The summed E-state index contributed by atoms with van der Waals surface area (Å²) in [4.78, 5) is 13.5. The van der Waals surface area contributed by atoms with E-state index < -0.39 is 21.8 Å². The molecule has 0 aliphatic rings. The van der Waals surface area contributed by atoms with Crippen molar-refractivity contribution in [2.75, 3.05) is 0 Å². The van der Waals surface area contributed by atoms with E-state index in [0.717, 1.165) is 32.7 Å². The number of sulfonamides is 1. The summed E-state index contributed by atoms with van der Waals surface area (Å²) in [7, 11) is -4.04. The lowest BCUT2D eigenvalue weighted by atomic mass is 9.90. The van der Waals surface area contributed by atoms with Crippen LogP contribution in [0.3, 0.4) is 0 Å². The van der Waals surface area contributed by atoms with E-state index in [0.29, 0.717) is 6.42 Å². The third-order valence-corrected chi connectivity index (χ3v) is 7.39. The molecule has 0 heterocycles. The van der Waals surface area contributed by atoms with Gasteiger partial charge in [0.25, 0.3) is 10.0 Å². The van der Waals surface area contributed by atoms with Crippen LogP contribution >= 0.6 is 0 Å². The molecule has 0 fully saturated rings. The van der Waals surface area contributed by atoms with Crippen LogP contribution in [0.2, 0.25) is 0 Å². The smallest absolute Gasteiger partial charge is 0.264 e. The molecule has 0 radical (unpaired) electrons. The lowest BCUT2D eigenvalue weighted by molar-refractivity contribution is -0.120. The van der Waals surface area contributed by atoms with Gasteiger partial charge in [-0.3, -0.25) is 4.79 Å². The molecule has 0 aliphatic heterocycles. The second kappa shape index (κ2) is 9.12. The maximum Gasteiger partial charge on any atom is 0.264 e. The van der Waals surface area contributed by atoms with Crippen molar-refractivity contribution in [3.05, 3.63) is 126 Å². The quantitative estimate of drug-likeness (QED) is 0.343. The Balaban J connectivity index is 1.49. The van der Waals surface area contributed by atoms with Crippen LogP contribution in [-0.2, 0) is 21.2 Å². The van der Waals surface area contributed by atoms with E-state index in [2.05, 4.69) is 4.72 Å². The lowest BCUT2D eigenvalue weighted by Gasteiger charge is -2.18. The first-order chi connectivity index (χ1) is 16.5. The Labute approximate surface area is 198 Å². The van der Waals surface area contributed by atoms with E-state index in [9.17, 15) is 13.2 Å². The van der Waals surface area contributed by atoms with Gasteiger partial charge in [-0.1, -0.05) is 103 Å². The van der Waals surface area contributed by atoms with Crippen molar-refractivity contribution < 1.29 is 13.2 Å². The normalized spacial score (nSPS) is 12.5. The molecule has 1 atom stereocenters. The minimum Gasteiger partial charge on any atom is -0.273 e. The molecule has 0 saturated heterocycles. The Bertz CT molecular complexity index is 1590. The summed E-state index contributed by atoms with van der Waals surface area (Å²) in [6.07, 6.45) is 0.387. The van der Waals surface area contributed by atoms with E-state index >= 15 is 0 Å². The molecule has 0 aliphatic carbocycles. The standard InChI is InChI=1S/C29H23NO3S/c31-29(30-34(32,33)27-17-16-23-11-5-7-13-25(23)20-27)28(18-21-8-2-1-3-9-21)26-15-14-22-10-4-6-12-24(22)19-26/h1-17,19-20,28H,18H2,(H,30,31). The summed E-state index contributed by atoms with van der Waals surface area (Å²) < 4.78 is 28.6. The van der Waals surface area contributed by atoms with E-state index in [4.69, 9.17) is 0 Å². The molecule has 168 valence electrons. The molecule has 5 heteroatoms. The highest BCUT2D eigenvalue weighted by Gasteiger charge is 2.27. The molecule has 34 heavy (non-hydrogen) atoms. The first-order valence-electron chi connectivity index (χ1n) is 11.1. The zero-order valence-corrected chi connectivity index (χ0v) is 19.2. The zero-order chi connectivity index (χ0) is 23.5. The number of carbonyl (C=O) groups is 1. The van der Waals surface area contributed by atoms with Gasteiger partial charge in [-0.15, -0.1) is 0 Å². The fourth-order valence-corrected chi connectivity index (χ4v) is 5.29. The van der Waals surface area contributed by atoms with Crippen LogP contribution in [-0.4, -0.2) is 14.3 Å². The maximum atomic E-state index is 13.4. The van der Waals surface area contributed by atoms with Crippen LogP contribution < -0.4 is 4.72 Å². The molecule has 1 unspecified atom stereocenters. The third kappa shape index (κ3) is 4.56. The Kier molecular flexibility index (Phi) is 5.86. The molecule has 0 bridgehead atoms. The Morgan fingerprint density at radius 2 is 1.21 bits per heavy atom. The monoisotopic (exact) mass is 465 g/mol. The van der Waals surface area contributed by atoms with Gasteiger partial charge in [0.2, 0.25) is 5.91 Å². The second-order valence-corrected chi connectivity index (χ2v) is 10.0. The van der Waals surface area contributed by atoms with E-state index in [-0.39, 0.29) is 4.90 Å². The zero-order valence-electron chi connectivity index (χ0n) is 18.4. The maximum absolute atomic E-state index is 13.4. The Morgan fingerprint density at radius 3 is 1.88 bits per heavy atom. The molecule has 0 spiro atoms. The number of nitrogens with one attached hydrogen (secondary N) is 1. The van der Waals surface area contributed by atoms with Crippen molar-refractivity contribution in [1.29, 1.82) is 0 Å². The van der Waals surface area contributed by atoms with Gasteiger partial charge in [-0.2, -0.15) is 0 Å². The number of hydrogen-bond donors (Lipinski definition) is 1. The van der Waals surface area contributed by atoms with Crippen molar-refractivity contribution >= 4 is 37.5 Å². The number of benzene rings is 5. The molecular formula is C29H23NO3S. The van der Waals surface area contributed by atoms with Crippen LogP contribution in [0, 0.1) is 0 Å². The largest absolute Gasteiger partial charge is 0.273 e. The fourth-order valence-electron chi connectivity index (χ4n) is 4.23. The number of hydrogen-bond acceptors (Lipinski definition) is 3. The van der Waals surface area contributed by atoms with Crippen LogP contribution in [0.25, 0.3) is 21.5 Å². The van der Waals surface area contributed by atoms with Crippen molar-refractivity contribution in [3.63, 3.8) is 0 Å². The fraction of sp³-hybridized carbons (Fsp3) is 0.0690. The van der Waals surface area contributed by atoms with Gasteiger partial charge in [0, 0.05) is 0 Å². The van der Waals surface area contributed by atoms with Crippen LogP contribution in [0.5, 0.6) is 0 Å². The average Bonchev–Trinajstić information content (AvgIpc) is 2.87. The van der Waals surface area contributed by atoms with Crippen LogP contribution in [0.1, 0.15) is 17.0 Å². The van der Waals surface area contributed by atoms with E-state index in [1.165, 1.54) is 6.07 Å². The van der Waals surface area contributed by atoms with Crippen LogP contribution in [0.15, 0.2) is 120 Å². The van der Waals surface area contributed by atoms with Crippen molar-refractivity contribution in [3.8, 4) is 0 Å². The summed E-state index contributed by atoms with van der Waals surface area (Å²) >= 11 is 0. The molecule has 5 rings (SSSR count). The SMILES string of the molecule is O=C(NS(=O)(=O)c1ccc2ccccc2c1)C(Cc1ccccc1)c1ccc2ccccc2c1. The minimum atomic E-state index is -4.04. The highest BCUT2D eigenvalue weighted by molar-refractivity contribution is 7.90. The first-order valence-corrected chi connectivity index (χ1v) is 12.6. The first kappa shape index (κ1) is 21.9. The lowest BCUT2D eigenvalue weighted by Crippen LogP contribution is -2.35. The molecule has 5 aromatic rings. The summed E-state index contributed by atoms with van der Waals surface area (Å²) in [5.74, 6) is -1.21. The van der Waals surface area contributed by atoms with Gasteiger partial charge >= 0.3 is 0 Å². The molecule has 5 aromatic carbocycles. The second-order valence-electron chi connectivity index (χ2n) is 8.33. The Hall–Kier alpha value is -3.96. The number of rotatable bonds is 6. The predicted molar refractivity (Wildman–Crippen MR) is 136 cm³/mol. The topological polar surface area (TPSA) is 63.2 Å². The average molecular weight is 466 g/mol. The third-order valence-electron chi connectivity index (χ3n) is 6.04. The van der Waals surface area contributed by atoms with Crippen molar-refractivity contribution in [2.45, 2.75) is 17.2 Å². The summed E-state index contributed by atoms with van der Waals surface area (Å²) in [5, 5.41) is 3.80. The minimum absolute atomic E-state index is 0.0662. The Morgan fingerprint density at radius 1 is 0.647 bits per heavy atom. The van der Waals surface area contributed by atoms with Gasteiger partial charge in [-0.25, -0.2) is 13.1 Å². The highest BCUT2D eigenvalue weighted by atomic mass is 32.2. The predicted octanol–water partition coefficient (Wildman–Crippen LogP) is 5.82. The van der Waals surface area contributed by atoms with Gasteiger partial charge in [0.1, 0.15) is 0 Å². The summed E-state index contributed by atoms with van der Waals surface area (Å²) in [6, 6.07) is 35.8. The number of carbonyl (C=O) groups excluding carboxylic acids is 1. The van der Waals surface area contributed by atoms with Gasteiger partial charge in [0.15, 0.2) is 0 Å². The molecule has 1 N–H and O–H groups in total. The van der Waals surface area contributed by atoms with Crippen molar-refractivity contribution in [2.24, 2.45) is 0 Å². The van der Waals surface area contributed by atoms with Gasteiger partial charge in [0.05, 0.1) is 10.8 Å². The van der Waals surface area contributed by atoms with Gasteiger partial charge in [-0.05, 0) is 51.2 Å². The molecular weight excluding hydrogens is 442 g/mol. The van der Waals surface area contributed by atoms with E-state index in [1.54, 1.807) is 12.1 Å². The summed E-state index contributed by atoms with van der Waals surface area (Å²) in [6.45, 7) is 0. The molecule has 1 amide bonds. The number of amides is 1. The van der Waals surface area contributed by atoms with Crippen molar-refractivity contribution in [1.82, 2.24) is 4.72 Å². The van der Waals surface area contributed by atoms with Gasteiger partial charge < -0.3 is 0 Å². The highest BCUT2D eigenvalue weighted by Crippen LogP contribution is 2.27. The molecule has 0 aromatic heterocycles. The molecule has 4 nitrogen and oxygen atoms in total. The molecule has 0 saturated carbocycles. The summed E-state index contributed by atoms with van der Waals surface area (Å²) in [5.41, 5.74) is 1.73. The van der Waals surface area contributed by atoms with E-state index in [1.807, 2.05) is 97.1 Å².